The summed E-state index contributed by atoms with van der Waals surface area (Å²) < 4.78 is 0.560. The molecule has 0 radical (unpaired) electrons. The van der Waals surface area contributed by atoms with Crippen molar-refractivity contribution >= 4 is 26.8 Å². The largest absolute Gasteiger partial charge is 0.507 e. The Hall–Kier alpha value is -1.13. The average Bonchev–Trinajstić information content (AvgIpc) is 2.23. The molecule has 0 aliphatic heterocycles. The Balaban J connectivity index is 2.78. The van der Waals surface area contributed by atoms with Gasteiger partial charge in [0.15, 0.2) is 0 Å². The van der Waals surface area contributed by atoms with E-state index in [0.29, 0.717) is 15.7 Å². The molecule has 2 aromatic rings. The summed E-state index contributed by atoms with van der Waals surface area (Å²) in [4.78, 5) is 4.20. The van der Waals surface area contributed by atoms with E-state index in [-0.39, 0.29) is 12.4 Å². The van der Waals surface area contributed by atoms with Crippen LogP contribution in [0.2, 0.25) is 0 Å². The van der Waals surface area contributed by atoms with E-state index in [1.807, 2.05) is 6.07 Å². The zero-order valence-corrected chi connectivity index (χ0v) is 8.82. The Morgan fingerprint density at radius 1 is 1.21 bits per heavy atom. The van der Waals surface area contributed by atoms with Crippen molar-refractivity contribution < 1.29 is 10.2 Å². The third kappa shape index (κ3) is 1.47. The first-order valence-electron chi connectivity index (χ1n) is 4.10. The molecule has 0 spiro atoms. The second-order valence-electron chi connectivity index (χ2n) is 2.93. The predicted molar refractivity (Wildman–Crippen MR) is 57.0 cm³/mol. The number of fused-ring (bicyclic) bond motifs is 1. The predicted octanol–water partition coefficient (Wildman–Crippen LogP) is 2.20. The van der Waals surface area contributed by atoms with Gasteiger partial charge in [0.25, 0.3) is 0 Å². The fourth-order valence-corrected chi connectivity index (χ4v) is 1.72. The summed E-state index contributed by atoms with van der Waals surface area (Å²) in [6.45, 7) is -0.0992. The van der Waals surface area contributed by atoms with E-state index in [1.165, 1.54) is 0 Å². The second-order valence-corrected chi connectivity index (χ2v) is 3.72. The summed E-state index contributed by atoms with van der Waals surface area (Å²) in [7, 11) is 0. The lowest BCUT2D eigenvalue weighted by Crippen LogP contribution is -1.90. The molecule has 2 N–H and O–H groups in total. The molecule has 2 rings (SSSR count). The van der Waals surface area contributed by atoms with E-state index >= 15 is 0 Å². The molecule has 0 amide bonds. The topological polar surface area (TPSA) is 53.4 Å². The van der Waals surface area contributed by atoms with E-state index in [0.717, 1.165) is 5.39 Å². The van der Waals surface area contributed by atoms with Crippen LogP contribution in [0, 0.1) is 0 Å². The highest BCUT2D eigenvalue weighted by molar-refractivity contribution is 9.10. The van der Waals surface area contributed by atoms with Crippen molar-refractivity contribution in [3.8, 4) is 5.75 Å². The Morgan fingerprint density at radius 3 is 2.64 bits per heavy atom. The number of hydrogen-bond acceptors (Lipinski definition) is 3. The van der Waals surface area contributed by atoms with E-state index < -0.39 is 0 Å². The normalized spacial score (nSPS) is 10.7. The number of aliphatic hydroxyl groups is 1. The quantitative estimate of drug-likeness (QED) is 0.820. The van der Waals surface area contributed by atoms with Crippen LogP contribution in [-0.4, -0.2) is 15.2 Å². The Bertz CT molecular complexity index is 485. The molecule has 0 atom stereocenters. The first-order valence-corrected chi connectivity index (χ1v) is 4.89. The van der Waals surface area contributed by atoms with Gasteiger partial charge in [0, 0.05) is 5.39 Å². The van der Waals surface area contributed by atoms with Crippen molar-refractivity contribution in [1.82, 2.24) is 4.98 Å². The highest BCUT2D eigenvalue weighted by Crippen LogP contribution is 2.30. The van der Waals surface area contributed by atoms with Gasteiger partial charge < -0.3 is 10.2 Å². The van der Waals surface area contributed by atoms with Gasteiger partial charge in [-0.05, 0) is 34.1 Å². The summed E-state index contributed by atoms with van der Waals surface area (Å²) in [6, 6.07) is 7.00. The van der Waals surface area contributed by atoms with Crippen molar-refractivity contribution in [2.75, 3.05) is 0 Å². The van der Waals surface area contributed by atoms with Crippen molar-refractivity contribution in [2.24, 2.45) is 0 Å². The number of nitrogens with zero attached hydrogens (tertiary/aromatic N) is 1. The summed E-state index contributed by atoms with van der Waals surface area (Å²) >= 11 is 3.25. The lowest BCUT2D eigenvalue weighted by atomic mass is 10.2. The lowest BCUT2D eigenvalue weighted by Gasteiger charge is -2.03. The summed E-state index contributed by atoms with van der Waals surface area (Å²) in [5, 5.41) is 19.3. The number of phenolic OH excluding ortho intramolecular Hbond substituents is 1. The Kier molecular flexibility index (Phi) is 2.39. The minimum atomic E-state index is -0.0992. The maximum absolute atomic E-state index is 9.43. The Labute approximate surface area is 89.2 Å². The molecule has 0 aliphatic carbocycles. The molecule has 72 valence electrons. The SMILES string of the molecule is OCc1ccc2ccc(O)c(Br)c2n1. The summed E-state index contributed by atoms with van der Waals surface area (Å²) in [5.41, 5.74) is 1.25. The number of rotatable bonds is 1. The first kappa shape index (κ1) is 9.43. The second kappa shape index (κ2) is 3.55. The smallest absolute Gasteiger partial charge is 0.132 e. The highest BCUT2D eigenvalue weighted by Gasteiger charge is 2.05. The molecule has 3 nitrogen and oxygen atoms in total. The average molecular weight is 254 g/mol. The number of benzene rings is 1. The minimum Gasteiger partial charge on any atom is -0.507 e. The van der Waals surface area contributed by atoms with Crippen LogP contribution in [0.3, 0.4) is 0 Å². The van der Waals surface area contributed by atoms with Crippen molar-refractivity contribution in [3.05, 3.63) is 34.4 Å². The molecular weight excluding hydrogens is 246 g/mol. The van der Waals surface area contributed by atoms with Gasteiger partial charge in [-0.25, -0.2) is 4.98 Å². The number of hydrogen-bond donors (Lipinski definition) is 2. The van der Waals surface area contributed by atoms with Crippen LogP contribution in [0.1, 0.15) is 5.69 Å². The molecule has 0 saturated heterocycles. The highest BCUT2D eigenvalue weighted by atomic mass is 79.9. The summed E-state index contributed by atoms with van der Waals surface area (Å²) in [6.07, 6.45) is 0. The maximum Gasteiger partial charge on any atom is 0.132 e. The monoisotopic (exact) mass is 253 g/mol. The molecule has 4 heteroatoms. The minimum absolute atomic E-state index is 0.0992. The fourth-order valence-electron chi connectivity index (χ4n) is 1.27. The molecule has 0 saturated carbocycles. The number of pyridine rings is 1. The van der Waals surface area contributed by atoms with Crippen LogP contribution in [-0.2, 0) is 6.61 Å². The molecule has 0 fully saturated rings. The van der Waals surface area contributed by atoms with Gasteiger partial charge >= 0.3 is 0 Å². The van der Waals surface area contributed by atoms with Crippen LogP contribution >= 0.6 is 15.9 Å². The van der Waals surface area contributed by atoms with Crippen molar-refractivity contribution in [3.63, 3.8) is 0 Å². The van der Waals surface area contributed by atoms with E-state index in [4.69, 9.17) is 5.11 Å². The number of aromatic hydroxyl groups is 1. The number of phenols is 1. The van der Waals surface area contributed by atoms with Crippen LogP contribution in [0.25, 0.3) is 10.9 Å². The maximum atomic E-state index is 9.43. The molecular formula is C10H8BrNO2. The molecule has 1 aromatic carbocycles. The zero-order valence-electron chi connectivity index (χ0n) is 7.24. The number of halogens is 1. The summed E-state index contributed by atoms with van der Waals surface area (Å²) in [5.74, 6) is 0.153. The first-order chi connectivity index (χ1) is 6.72. The molecule has 0 bridgehead atoms. The molecule has 14 heavy (non-hydrogen) atoms. The van der Waals surface area contributed by atoms with Gasteiger partial charge in [0.1, 0.15) is 5.75 Å². The van der Waals surface area contributed by atoms with Crippen LogP contribution in [0.4, 0.5) is 0 Å². The Morgan fingerprint density at radius 2 is 1.93 bits per heavy atom. The molecule has 0 aliphatic rings. The lowest BCUT2D eigenvalue weighted by molar-refractivity contribution is 0.277. The molecule has 0 unspecified atom stereocenters. The van der Waals surface area contributed by atoms with Gasteiger partial charge in [-0.2, -0.15) is 0 Å². The third-order valence-corrected chi connectivity index (χ3v) is 2.78. The van der Waals surface area contributed by atoms with Gasteiger partial charge in [-0.15, -0.1) is 0 Å². The van der Waals surface area contributed by atoms with E-state index in [1.54, 1.807) is 18.2 Å². The standard InChI is InChI=1S/C10H8BrNO2/c11-9-8(14)4-2-6-1-3-7(5-13)12-10(6)9/h1-4,13-14H,5H2. The van der Waals surface area contributed by atoms with Crippen LogP contribution in [0.15, 0.2) is 28.7 Å². The number of aliphatic hydroxyl groups excluding tert-OH is 1. The van der Waals surface area contributed by atoms with Crippen LogP contribution < -0.4 is 0 Å². The van der Waals surface area contributed by atoms with Gasteiger partial charge in [0.05, 0.1) is 22.3 Å². The van der Waals surface area contributed by atoms with E-state index in [2.05, 4.69) is 20.9 Å². The molecule has 1 heterocycles. The zero-order chi connectivity index (χ0) is 10.1. The van der Waals surface area contributed by atoms with Crippen molar-refractivity contribution in [1.29, 1.82) is 0 Å². The van der Waals surface area contributed by atoms with Gasteiger partial charge in [0.2, 0.25) is 0 Å². The van der Waals surface area contributed by atoms with Crippen molar-refractivity contribution in [2.45, 2.75) is 6.61 Å². The van der Waals surface area contributed by atoms with Gasteiger partial charge in [-0.3, -0.25) is 0 Å². The molecule has 1 aromatic heterocycles. The van der Waals surface area contributed by atoms with E-state index in [9.17, 15) is 5.11 Å². The third-order valence-electron chi connectivity index (χ3n) is 2.00. The fraction of sp³-hybridized carbons (Fsp3) is 0.100. The van der Waals surface area contributed by atoms with Crippen LogP contribution in [0.5, 0.6) is 5.75 Å². The number of aromatic nitrogens is 1. The van der Waals surface area contributed by atoms with Gasteiger partial charge in [-0.1, -0.05) is 6.07 Å².